The van der Waals surface area contributed by atoms with Gasteiger partial charge < -0.3 is 10.6 Å². The summed E-state index contributed by atoms with van der Waals surface area (Å²) in [4.78, 5) is 12.8. The monoisotopic (exact) mass is 360 g/mol. The standard InChI is InChI=1S/C20H22ClFN2O/c1-13-12-15(6-7-18(13)22)19(16-4-2-3-5-17(16)21)24-20(25)14-8-10-23-11-9-14/h2-7,12,14,19,23H,8-11H2,1H3,(H,24,25). The van der Waals surface area contributed by atoms with Crippen molar-refractivity contribution in [2.24, 2.45) is 5.92 Å². The van der Waals surface area contributed by atoms with Gasteiger partial charge in [0, 0.05) is 10.9 Å². The van der Waals surface area contributed by atoms with Crippen LogP contribution in [0, 0.1) is 18.7 Å². The minimum Gasteiger partial charge on any atom is -0.345 e. The van der Waals surface area contributed by atoms with Crippen molar-refractivity contribution in [2.45, 2.75) is 25.8 Å². The van der Waals surface area contributed by atoms with Crippen molar-refractivity contribution in [1.29, 1.82) is 0 Å². The molecule has 1 saturated heterocycles. The molecular weight excluding hydrogens is 339 g/mol. The van der Waals surface area contributed by atoms with Crippen molar-refractivity contribution >= 4 is 17.5 Å². The topological polar surface area (TPSA) is 41.1 Å². The molecule has 0 aromatic heterocycles. The maximum atomic E-state index is 13.7. The van der Waals surface area contributed by atoms with Crippen LogP contribution in [0.4, 0.5) is 4.39 Å². The quantitative estimate of drug-likeness (QED) is 0.865. The summed E-state index contributed by atoms with van der Waals surface area (Å²) in [6, 6.07) is 12.0. The van der Waals surface area contributed by atoms with E-state index in [9.17, 15) is 9.18 Å². The fourth-order valence-electron chi connectivity index (χ4n) is 3.24. The van der Waals surface area contributed by atoms with Crippen molar-refractivity contribution < 1.29 is 9.18 Å². The van der Waals surface area contributed by atoms with Crippen LogP contribution in [0.15, 0.2) is 42.5 Å². The average Bonchev–Trinajstić information content (AvgIpc) is 2.63. The molecule has 25 heavy (non-hydrogen) atoms. The number of benzene rings is 2. The first-order valence-electron chi connectivity index (χ1n) is 8.58. The first-order valence-corrected chi connectivity index (χ1v) is 8.95. The molecule has 0 saturated carbocycles. The van der Waals surface area contributed by atoms with Gasteiger partial charge in [0.25, 0.3) is 0 Å². The summed E-state index contributed by atoms with van der Waals surface area (Å²) >= 11 is 6.37. The van der Waals surface area contributed by atoms with Crippen molar-refractivity contribution in [1.82, 2.24) is 10.6 Å². The number of amides is 1. The number of hydrogen-bond donors (Lipinski definition) is 2. The molecule has 2 N–H and O–H groups in total. The summed E-state index contributed by atoms with van der Waals surface area (Å²) in [6.07, 6.45) is 1.65. The number of hydrogen-bond acceptors (Lipinski definition) is 2. The molecule has 0 bridgehead atoms. The predicted molar refractivity (Wildman–Crippen MR) is 98.2 cm³/mol. The molecule has 3 nitrogen and oxygen atoms in total. The van der Waals surface area contributed by atoms with E-state index < -0.39 is 6.04 Å². The highest BCUT2D eigenvalue weighted by molar-refractivity contribution is 6.31. The zero-order valence-electron chi connectivity index (χ0n) is 14.2. The summed E-state index contributed by atoms with van der Waals surface area (Å²) in [5.74, 6) is -0.243. The highest BCUT2D eigenvalue weighted by Gasteiger charge is 2.26. The fraction of sp³-hybridized carbons (Fsp3) is 0.350. The van der Waals surface area contributed by atoms with Crippen LogP contribution >= 0.6 is 11.6 Å². The van der Waals surface area contributed by atoms with Crippen molar-refractivity contribution in [2.75, 3.05) is 13.1 Å². The second-order valence-corrected chi connectivity index (χ2v) is 6.90. The molecule has 0 aliphatic carbocycles. The van der Waals surface area contributed by atoms with E-state index in [1.807, 2.05) is 18.2 Å². The highest BCUT2D eigenvalue weighted by atomic mass is 35.5. The van der Waals surface area contributed by atoms with Crippen LogP contribution in [0.2, 0.25) is 5.02 Å². The summed E-state index contributed by atoms with van der Waals surface area (Å²) in [5.41, 5.74) is 2.19. The van der Waals surface area contributed by atoms with Gasteiger partial charge in [-0.25, -0.2) is 4.39 Å². The Labute approximate surface area is 152 Å². The van der Waals surface area contributed by atoms with Gasteiger partial charge in [0.1, 0.15) is 5.82 Å². The summed E-state index contributed by atoms with van der Waals surface area (Å²) in [6.45, 7) is 3.42. The molecule has 3 rings (SSSR count). The van der Waals surface area contributed by atoms with Crippen LogP contribution in [0.3, 0.4) is 0 Å². The van der Waals surface area contributed by atoms with Crippen LogP contribution < -0.4 is 10.6 Å². The molecule has 1 atom stereocenters. The number of halogens is 2. The lowest BCUT2D eigenvalue weighted by Gasteiger charge is -2.26. The lowest BCUT2D eigenvalue weighted by atomic mass is 9.93. The van der Waals surface area contributed by atoms with Gasteiger partial charge in [-0.15, -0.1) is 0 Å². The van der Waals surface area contributed by atoms with Crippen LogP contribution in [-0.4, -0.2) is 19.0 Å². The average molecular weight is 361 g/mol. The third kappa shape index (κ3) is 4.20. The van der Waals surface area contributed by atoms with E-state index in [-0.39, 0.29) is 17.6 Å². The van der Waals surface area contributed by atoms with E-state index in [2.05, 4.69) is 10.6 Å². The Morgan fingerprint density at radius 1 is 1.24 bits per heavy atom. The fourth-order valence-corrected chi connectivity index (χ4v) is 3.49. The first-order chi connectivity index (χ1) is 12.1. The molecule has 1 unspecified atom stereocenters. The minimum absolute atomic E-state index is 0.00668. The van der Waals surface area contributed by atoms with Crippen molar-refractivity contribution in [3.8, 4) is 0 Å². The molecule has 1 aliphatic rings. The Hall–Kier alpha value is -1.91. The van der Waals surface area contributed by atoms with Gasteiger partial charge in [0.15, 0.2) is 0 Å². The molecule has 5 heteroatoms. The number of nitrogens with one attached hydrogen (secondary N) is 2. The molecular formula is C20H22ClFN2O. The van der Waals surface area contributed by atoms with E-state index in [1.54, 1.807) is 25.1 Å². The Morgan fingerprint density at radius 3 is 2.64 bits per heavy atom. The lowest BCUT2D eigenvalue weighted by molar-refractivity contribution is -0.126. The summed E-state index contributed by atoms with van der Waals surface area (Å²) in [5, 5.41) is 6.98. The normalized spacial score (nSPS) is 16.4. The second kappa shape index (κ2) is 7.98. The number of rotatable bonds is 4. The van der Waals surface area contributed by atoms with Crippen LogP contribution in [0.5, 0.6) is 0 Å². The predicted octanol–water partition coefficient (Wildman–Crippen LogP) is 3.99. The Balaban J connectivity index is 1.92. The SMILES string of the molecule is Cc1cc(C(NC(=O)C2CCNCC2)c2ccccc2Cl)ccc1F. The third-order valence-corrected chi connectivity index (χ3v) is 5.07. The van der Waals surface area contributed by atoms with Gasteiger partial charge in [0.2, 0.25) is 5.91 Å². The number of aryl methyl sites for hydroxylation is 1. The molecule has 2 aromatic rings. The molecule has 0 radical (unpaired) electrons. The molecule has 1 fully saturated rings. The van der Waals surface area contributed by atoms with Gasteiger partial charge >= 0.3 is 0 Å². The van der Waals surface area contributed by atoms with Crippen LogP contribution in [0.25, 0.3) is 0 Å². The van der Waals surface area contributed by atoms with E-state index in [4.69, 9.17) is 11.6 Å². The van der Waals surface area contributed by atoms with Crippen molar-refractivity contribution in [3.05, 3.63) is 70.0 Å². The minimum atomic E-state index is -0.393. The maximum absolute atomic E-state index is 13.7. The zero-order chi connectivity index (χ0) is 17.8. The van der Waals surface area contributed by atoms with Crippen LogP contribution in [0.1, 0.15) is 35.6 Å². The Morgan fingerprint density at radius 2 is 1.96 bits per heavy atom. The smallest absolute Gasteiger partial charge is 0.223 e. The maximum Gasteiger partial charge on any atom is 0.223 e. The van der Waals surface area contributed by atoms with E-state index in [1.165, 1.54) is 6.07 Å². The van der Waals surface area contributed by atoms with Crippen LogP contribution in [-0.2, 0) is 4.79 Å². The first kappa shape index (κ1) is 17.9. The molecule has 1 aliphatic heterocycles. The summed E-state index contributed by atoms with van der Waals surface area (Å²) < 4.78 is 13.7. The number of carbonyl (C=O) groups excluding carboxylic acids is 1. The largest absolute Gasteiger partial charge is 0.345 e. The highest BCUT2D eigenvalue weighted by Crippen LogP contribution is 2.30. The van der Waals surface area contributed by atoms with Gasteiger partial charge in [-0.05, 0) is 61.7 Å². The van der Waals surface area contributed by atoms with E-state index in [0.717, 1.165) is 37.1 Å². The summed E-state index contributed by atoms with van der Waals surface area (Å²) in [7, 11) is 0. The second-order valence-electron chi connectivity index (χ2n) is 6.50. The molecule has 1 heterocycles. The van der Waals surface area contributed by atoms with Gasteiger partial charge in [-0.2, -0.15) is 0 Å². The molecule has 2 aromatic carbocycles. The number of carbonyl (C=O) groups is 1. The number of piperidine rings is 1. The van der Waals surface area contributed by atoms with Gasteiger partial charge in [-0.3, -0.25) is 4.79 Å². The van der Waals surface area contributed by atoms with E-state index >= 15 is 0 Å². The Kier molecular flexibility index (Phi) is 5.71. The van der Waals surface area contributed by atoms with Crippen molar-refractivity contribution in [3.63, 3.8) is 0 Å². The van der Waals surface area contributed by atoms with E-state index in [0.29, 0.717) is 10.6 Å². The lowest BCUT2D eigenvalue weighted by Crippen LogP contribution is -2.40. The third-order valence-electron chi connectivity index (χ3n) is 4.73. The Bertz CT molecular complexity index is 759. The molecule has 1 amide bonds. The van der Waals surface area contributed by atoms with Gasteiger partial charge in [0.05, 0.1) is 6.04 Å². The molecule has 132 valence electrons. The zero-order valence-corrected chi connectivity index (χ0v) is 14.9. The molecule has 0 spiro atoms. The van der Waals surface area contributed by atoms with Gasteiger partial charge in [-0.1, -0.05) is 41.9 Å².